The molecule has 5 nitrogen and oxygen atoms in total. The Morgan fingerprint density at radius 1 is 1.28 bits per heavy atom. The highest BCUT2D eigenvalue weighted by Gasteiger charge is 2.20. The summed E-state index contributed by atoms with van der Waals surface area (Å²) in [5.41, 5.74) is 1.97. The van der Waals surface area contributed by atoms with Crippen molar-refractivity contribution in [2.24, 2.45) is 0 Å². The molecule has 0 unspecified atom stereocenters. The highest BCUT2D eigenvalue weighted by Crippen LogP contribution is 2.25. The van der Waals surface area contributed by atoms with Gasteiger partial charge in [-0.3, -0.25) is 14.9 Å². The second kappa shape index (κ2) is 4.49. The fourth-order valence-electron chi connectivity index (χ4n) is 1.50. The Hall–Kier alpha value is -1.75. The van der Waals surface area contributed by atoms with E-state index in [-0.39, 0.29) is 11.1 Å². The van der Waals surface area contributed by atoms with Crippen molar-refractivity contribution < 1.29 is 4.79 Å². The third kappa shape index (κ3) is 2.41. The summed E-state index contributed by atoms with van der Waals surface area (Å²) < 4.78 is 0. The fourth-order valence-corrected chi connectivity index (χ4v) is 1.63. The van der Waals surface area contributed by atoms with Gasteiger partial charge in [-0.15, -0.1) is 0 Å². The lowest BCUT2D eigenvalue weighted by atomic mass is 9.92. The molecule has 0 radical (unpaired) electrons. The van der Waals surface area contributed by atoms with Gasteiger partial charge in [0.1, 0.15) is 11.4 Å². The first-order valence-electron chi connectivity index (χ1n) is 5.46. The Morgan fingerprint density at radius 2 is 1.94 bits per heavy atom. The van der Waals surface area contributed by atoms with Crippen LogP contribution in [0.1, 0.15) is 37.0 Å². The van der Waals surface area contributed by atoms with Crippen molar-refractivity contribution >= 4 is 16.8 Å². The van der Waals surface area contributed by atoms with Crippen molar-refractivity contribution in [3.8, 4) is 11.4 Å². The van der Waals surface area contributed by atoms with Gasteiger partial charge in [-0.1, -0.05) is 20.8 Å². The lowest BCUT2D eigenvalue weighted by Crippen LogP contribution is -2.11. The molecule has 0 aliphatic rings. The molecule has 0 saturated carbocycles. The van der Waals surface area contributed by atoms with Crippen LogP contribution in [-0.2, 0) is 5.41 Å². The molecule has 0 aromatic carbocycles. The highest BCUT2D eigenvalue weighted by atomic mass is 35.5. The molecule has 1 N–H and O–H groups in total. The minimum absolute atomic E-state index is 0.0569. The van der Waals surface area contributed by atoms with Gasteiger partial charge in [-0.05, 0) is 17.7 Å². The van der Waals surface area contributed by atoms with Gasteiger partial charge in [0.15, 0.2) is 5.69 Å². The number of hydrogen-bond acceptors (Lipinski definition) is 4. The first-order valence-corrected chi connectivity index (χ1v) is 5.84. The van der Waals surface area contributed by atoms with Crippen LogP contribution in [0, 0.1) is 0 Å². The molecule has 94 valence electrons. The van der Waals surface area contributed by atoms with E-state index in [2.05, 4.69) is 40.9 Å². The molecular weight excluding hydrogens is 252 g/mol. The molecule has 0 atom stereocenters. The zero-order chi connectivity index (χ0) is 13.3. The van der Waals surface area contributed by atoms with Crippen LogP contribution in [0.15, 0.2) is 18.5 Å². The Balaban J connectivity index is 2.50. The third-order valence-corrected chi connectivity index (χ3v) is 2.69. The van der Waals surface area contributed by atoms with Crippen molar-refractivity contribution in [1.82, 2.24) is 20.2 Å². The fraction of sp³-hybridized carbons (Fsp3) is 0.333. The summed E-state index contributed by atoms with van der Waals surface area (Å²) in [6.45, 7) is 6.19. The molecular formula is C12H13ClN4O. The number of aromatic nitrogens is 4. The zero-order valence-corrected chi connectivity index (χ0v) is 11.1. The van der Waals surface area contributed by atoms with E-state index in [4.69, 9.17) is 11.6 Å². The number of aromatic amines is 1. The second-order valence-corrected chi connectivity index (χ2v) is 5.29. The number of H-pyrrole nitrogens is 1. The van der Waals surface area contributed by atoms with Crippen LogP contribution in [0.4, 0.5) is 0 Å². The minimum atomic E-state index is -0.640. The van der Waals surface area contributed by atoms with E-state index in [1.807, 2.05) is 6.07 Å². The summed E-state index contributed by atoms with van der Waals surface area (Å²) in [6.07, 6.45) is 2.93. The smallest absolute Gasteiger partial charge is 0.273 e. The van der Waals surface area contributed by atoms with Gasteiger partial charge < -0.3 is 0 Å². The first kappa shape index (κ1) is 12.7. The molecule has 0 aliphatic heterocycles. The molecule has 2 aromatic heterocycles. The monoisotopic (exact) mass is 264 g/mol. The van der Waals surface area contributed by atoms with Gasteiger partial charge in [-0.2, -0.15) is 5.10 Å². The number of rotatable bonds is 2. The Labute approximate surface area is 110 Å². The maximum atomic E-state index is 11.3. The van der Waals surface area contributed by atoms with Crippen LogP contribution in [0.2, 0.25) is 0 Å². The molecule has 6 heteroatoms. The van der Waals surface area contributed by atoms with Crippen molar-refractivity contribution in [3.05, 3.63) is 29.8 Å². The van der Waals surface area contributed by atoms with E-state index < -0.39 is 5.24 Å². The maximum Gasteiger partial charge on any atom is 0.273 e. The number of nitrogens with one attached hydrogen (secondary N) is 1. The average Bonchev–Trinajstić information content (AvgIpc) is 2.77. The van der Waals surface area contributed by atoms with Gasteiger partial charge in [-0.25, -0.2) is 4.98 Å². The number of carbonyl (C=O) groups excluding carboxylic acids is 1. The largest absolute Gasteiger partial charge is 0.281 e. The molecule has 0 fully saturated rings. The average molecular weight is 265 g/mol. The van der Waals surface area contributed by atoms with Crippen LogP contribution in [0.3, 0.4) is 0 Å². The van der Waals surface area contributed by atoms with Crippen molar-refractivity contribution in [2.75, 3.05) is 0 Å². The molecule has 0 amide bonds. The van der Waals surface area contributed by atoms with E-state index in [0.717, 1.165) is 5.69 Å². The van der Waals surface area contributed by atoms with Gasteiger partial charge >= 0.3 is 0 Å². The van der Waals surface area contributed by atoms with Gasteiger partial charge in [0, 0.05) is 23.5 Å². The SMILES string of the molecule is CC(C)(C)c1cc(-c2nccnc2C(=O)Cl)n[nH]1. The van der Waals surface area contributed by atoms with E-state index >= 15 is 0 Å². The Kier molecular flexibility index (Phi) is 3.17. The lowest BCUT2D eigenvalue weighted by molar-refractivity contribution is 0.107. The van der Waals surface area contributed by atoms with Crippen LogP contribution < -0.4 is 0 Å². The summed E-state index contributed by atoms with van der Waals surface area (Å²) >= 11 is 5.48. The number of halogens is 1. The molecule has 2 aromatic rings. The van der Waals surface area contributed by atoms with E-state index in [9.17, 15) is 4.79 Å². The first-order chi connectivity index (χ1) is 8.39. The standard InChI is InChI=1S/C12H13ClN4O/c1-12(2,3)8-6-7(16-17-8)9-10(11(13)18)15-5-4-14-9/h4-6H,1-3H3,(H,16,17). The summed E-state index contributed by atoms with van der Waals surface area (Å²) in [5.74, 6) is 0. The summed E-state index contributed by atoms with van der Waals surface area (Å²) in [4.78, 5) is 19.3. The molecule has 0 bridgehead atoms. The summed E-state index contributed by atoms with van der Waals surface area (Å²) in [5, 5.41) is 6.46. The number of hydrogen-bond donors (Lipinski definition) is 1. The normalized spacial score (nSPS) is 11.6. The van der Waals surface area contributed by atoms with E-state index in [1.165, 1.54) is 12.4 Å². The highest BCUT2D eigenvalue weighted by molar-refractivity contribution is 6.67. The molecule has 0 aliphatic carbocycles. The van der Waals surface area contributed by atoms with Crippen LogP contribution in [0.25, 0.3) is 11.4 Å². The van der Waals surface area contributed by atoms with Crippen molar-refractivity contribution in [1.29, 1.82) is 0 Å². The van der Waals surface area contributed by atoms with Crippen LogP contribution in [-0.4, -0.2) is 25.4 Å². The molecule has 2 rings (SSSR count). The molecule has 0 spiro atoms. The summed E-state index contributed by atoms with van der Waals surface area (Å²) in [6, 6.07) is 1.85. The van der Waals surface area contributed by atoms with Gasteiger partial charge in [0.2, 0.25) is 0 Å². The lowest BCUT2D eigenvalue weighted by Gasteiger charge is -2.14. The Bertz CT molecular complexity index is 586. The molecule has 18 heavy (non-hydrogen) atoms. The van der Waals surface area contributed by atoms with Crippen LogP contribution in [0.5, 0.6) is 0 Å². The van der Waals surface area contributed by atoms with Crippen molar-refractivity contribution in [3.63, 3.8) is 0 Å². The number of nitrogens with zero attached hydrogens (tertiary/aromatic N) is 3. The van der Waals surface area contributed by atoms with E-state index in [0.29, 0.717) is 11.4 Å². The molecule has 2 heterocycles. The Morgan fingerprint density at radius 3 is 2.50 bits per heavy atom. The second-order valence-electron chi connectivity index (χ2n) is 4.94. The summed E-state index contributed by atoms with van der Waals surface area (Å²) in [7, 11) is 0. The molecule has 0 saturated heterocycles. The van der Waals surface area contributed by atoms with Crippen molar-refractivity contribution in [2.45, 2.75) is 26.2 Å². The predicted molar refractivity (Wildman–Crippen MR) is 68.5 cm³/mol. The zero-order valence-electron chi connectivity index (χ0n) is 10.4. The predicted octanol–water partition coefficient (Wildman–Crippen LogP) is 2.54. The third-order valence-electron chi connectivity index (χ3n) is 2.51. The van der Waals surface area contributed by atoms with E-state index in [1.54, 1.807) is 0 Å². The van der Waals surface area contributed by atoms with Gasteiger partial charge in [0.05, 0.1) is 0 Å². The number of carbonyl (C=O) groups is 1. The maximum absolute atomic E-state index is 11.3. The van der Waals surface area contributed by atoms with Crippen LogP contribution >= 0.6 is 11.6 Å². The quantitative estimate of drug-likeness (QED) is 0.846. The van der Waals surface area contributed by atoms with Gasteiger partial charge in [0.25, 0.3) is 5.24 Å². The topological polar surface area (TPSA) is 71.5 Å². The minimum Gasteiger partial charge on any atom is -0.281 e.